The van der Waals surface area contributed by atoms with Gasteiger partial charge in [0.2, 0.25) is 6.10 Å². The van der Waals surface area contributed by atoms with Crippen molar-refractivity contribution in [3.8, 4) is 17.2 Å². The van der Waals surface area contributed by atoms with Gasteiger partial charge in [0.15, 0.2) is 16.6 Å². The minimum Gasteiger partial charge on any atom is -0.482 e. The van der Waals surface area contributed by atoms with Crippen LogP contribution in [0.3, 0.4) is 0 Å². The third-order valence-electron chi connectivity index (χ3n) is 4.94. The molecule has 4 rings (SSSR count). The number of anilines is 1. The van der Waals surface area contributed by atoms with Crippen LogP contribution in [0.2, 0.25) is 0 Å². The number of hydrogen-bond donors (Lipinski definition) is 0. The number of carbonyl (C=O) groups is 1. The van der Waals surface area contributed by atoms with Gasteiger partial charge in [0.05, 0.1) is 10.2 Å². The summed E-state index contributed by atoms with van der Waals surface area (Å²) in [6.45, 7) is 2.61. The Bertz CT molecular complexity index is 1160. The van der Waals surface area contributed by atoms with Gasteiger partial charge >= 0.3 is 6.36 Å². The Labute approximate surface area is 204 Å². The summed E-state index contributed by atoms with van der Waals surface area (Å²) >= 11 is 1.11. The van der Waals surface area contributed by atoms with E-state index in [1.165, 1.54) is 23.1 Å². The number of rotatable bonds is 6. The van der Waals surface area contributed by atoms with E-state index in [0.717, 1.165) is 11.3 Å². The average Bonchev–Trinajstić information content (AvgIpc) is 3.14. The molecule has 2 heterocycles. The largest absolute Gasteiger partial charge is 0.573 e. The molecule has 34 heavy (non-hydrogen) atoms. The summed E-state index contributed by atoms with van der Waals surface area (Å²) in [6, 6.07) is 11.0. The first-order valence-electron chi connectivity index (χ1n) is 10.2. The molecule has 2 atom stereocenters. The van der Waals surface area contributed by atoms with E-state index in [4.69, 9.17) is 9.47 Å². The minimum absolute atomic E-state index is 0. The first-order chi connectivity index (χ1) is 15.6. The van der Waals surface area contributed by atoms with Crippen LogP contribution in [0.4, 0.5) is 18.3 Å². The van der Waals surface area contributed by atoms with Crippen LogP contribution in [-0.2, 0) is 4.79 Å². The van der Waals surface area contributed by atoms with Gasteiger partial charge in [0.1, 0.15) is 11.9 Å². The van der Waals surface area contributed by atoms with Crippen molar-refractivity contribution in [1.29, 1.82) is 0 Å². The number of halogens is 4. The number of likely N-dealkylation sites (N-methyl/N-ethyl adjacent to an activating group) is 1. The molecule has 184 valence electrons. The number of ether oxygens (including phenoxy) is 3. The molecular formula is C22H23ClF3N3O4S. The zero-order valence-electron chi connectivity index (χ0n) is 18.5. The Morgan fingerprint density at radius 3 is 2.44 bits per heavy atom. The van der Waals surface area contributed by atoms with Gasteiger partial charge in [-0.15, -0.1) is 25.6 Å². The molecule has 0 aliphatic carbocycles. The number of para-hydroxylation sites is 2. The van der Waals surface area contributed by atoms with Gasteiger partial charge in [-0.1, -0.05) is 23.5 Å². The molecule has 1 aliphatic heterocycles. The number of thiazole rings is 1. The summed E-state index contributed by atoms with van der Waals surface area (Å²) in [4.78, 5) is 21.5. The van der Waals surface area contributed by atoms with Crippen molar-refractivity contribution in [1.82, 2.24) is 9.88 Å². The van der Waals surface area contributed by atoms with Gasteiger partial charge < -0.3 is 19.1 Å². The number of amides is 1. The van der Waals surface area contributed by atoms with Crippen LogP contribution >= 0.6 is 23.7 Å². The van der Waals surface area contributed by atoms with Gasteiger partial charge in [-0.25, -0.2) is 4.98 Å². The quantitative estimate of drug-likeness (QED) is 0.470. The van der Waals surface area contributed by atoms with Gasteiger partial charge in [-0.2, -0.15) is 0 Å². The lowest BCUT2D eigenvalue weighted by molar-refractivity contribution is -0.274. The molecule has 2 unspecified atom stereocenters. The maximum Gasteiger partial charge on any atom is 0.573 e. The molecule has 1 amide bonds. The zero-order valence-corrected chi connectivity index (χ0v) is 20.2. The second kappa shape index (κ2) is 10.2. The summed E-state index contributed by atoms with van der Waals surface area (Å²) in [5.41, 5.74) is 0.464. The van der Waals surface area contributed by atoms with Crippen LogP contribution in [0.1, 0.15) is 6.92 Å². The second-order valence-electron chi connectivity index (χ2n) is 7.78. The fourth-order valence-electron chi connectivity index (χ4n) is 3.35. The van der Waals surface area contributed by atoms with E-state index in [-0.39, 0.29) is 24.1 Å². The van der Waals surface area contributed by atoms with E-state index < -0.39 is 18.6 Å². The Hall–Kier alpha value is -2.76. The third-order valence-corrected chi connectivity index (χ3v) is 5.98. The lowest BCUT2D eigenvalue weighted by Gasteiger charge is -2.34. The van der Waals surface area contributed by atoms with E-state index in [1.807, 2.05) is 25.1 Å². The standard InChI is InChI=1S/C22H22F3N3O4S.ClH/c1-13-19(31-17-7-5-4-6-16(17)30-13)20(29)28(11-10-27(2)3)21-26-15-9-8-14(12-18(15)33-21)32-22(23,24)25;/h4-9,12-13,19H,10-11H2,1-3H3;1H. The number of fused-ring (bicyclic) bond motifs is 2. The number of carbonyl (C=O) groups excluding carboxylic acids is 1. The number of benzene rings is 2. The minimum atomic E-state index is -4.79. The van der Waals surface area contributed by atoms with Gasteiger partial charge in [0, 0.05) is 19.2 Å². The smallest absolute Gasteiger partial charge is 0.482 e. The number of nitrogens with zero attached hydrogens (tertiary/aromatic N) is 3. The highest BCUT2D eigenvalue weighted by Gasteiger charge is 2.38. The van der Waals surface area contributed by atoms with Crippen LogP contribution in [0.5, 0.6) is 17.2 Å². The lowest BCUT2D eigenvalue weighted by Crippen LogP contribution is -2.52. The van der Waals surface area contributed by atoms with Crippen LogP contribution in [0.15, 0.2) is 42.5 Å². The molecule has 3 aromatic rings. The summed E-state index contributed by atoms with van der Waals surface area (Å²) in [6.07, 6.45) is -6.24. The molecule has 1 aromatic heterocycles. The molecule has 0 bridgehead atoms. The molecule has 0 saturated heterocycles. The lowest BCUT2D eigenvalue weighted by atomic mass is 10.1. The SMILES string of the molecule is CC1Oc2ccccc2OC1C(=O)N(CCN(C)C)c1nc2ccc(OC(F)(F)F)cc2s1.Cl. The van der Waals surface area contributed by atoms with Crippen LogP contribution in [0, 0.1) is 0 Å². The predicted octanol–water partition coefficient (Wildman–Crippen LogP) is 4.74. The first kappa shape index (κ1) is 25.9. The predicted molar refractivity (Wildman–Crippen MR) is 125 cm³/mol. The summed E-state index contributed by atoms with van der Waals surface area (Å²) in [5.74, 6) is 0.348. The van der Waals surface area contributed by atoms with E-state index in [9.17, 15) is 18.0 Å². The maximum absolute atomic E-state index is 13.6. The van der Waals surface area contributed by atoms with E-state index in [0.29, 0.717) is 39.9 Å². The van der Waals surface area contributed by atoms with E-state index in [2.05, 4.69) is 9.72 Å². The molecule has 1 aliphatic rings. The summed E-state index contributed by atoms with van der Waals surface area (Å²) in [5, 5.41) is 0.357. The van der Waals surface area contributed by atoms with Crippen molar-refractivity contribution >= 4 is 45.0 Å². The first-order valence-corrected chi connectivity index (χ1v) is 11.0. The van der Waals surface area contributed by atoms with Crippen molar-refractivity contribution in [2.45, 2.75) is 25.5 Å². The molecule has 0 fully saturated rings. The zero-order chi connectivity index (χ0) is 23.8. The van der Waals surface area contributed by atoms with E-state index in [1.54, 1.807) is 25.1 Å². The van der Waals surface area contributed by atoms with Crippen molar-refractivity contribution in [2.24, 2.45) is 0 Å². The van der Waals surface area contributed by atoms with Crippen molar-refractivity contribution < 1.29 is 32.2 Å². The van der Waals surface area contributed by atoms with E-state index >= 15 is 0 Å². The Morgan fingerprint density at radius 2 is 1.79 bits per heavy atom. The highest BCUT2D eigenvalue weighted by molar-refractivity contribution is 7.22. The van der Waals surface area contributed by atoms with Crippen molar-refractivity contribution in [2.75, 3.05) is 32.1 Å². The van der Waals surface area contributed by atoms with Gasteiger partial charge in [0.25, 0.3) is 5.91 Å². The number of alkyl halides is 3. The van der Waals surface area contributed by atoms with Crippen LogP contribution < -0.4 is 19.1 Å². The highest BCUT2D eigenvalue weighted by Crippen LogP contribution is 2.36. The molecule has 0 N–H and O–H groups in total. The molecular weight excluding hydrogens is 495 g/mol. The Balaban J connectivity index is 0.00000324. The van der Waals surface area contributed by atoms with Crippen molar-refractivity contribution in [3.05, 3.63) is 42.5 Å². The molecule has 0 saturated carbocycles. The monoisotopic (exact) mass is 517 g/mol. The molecule has 0 radical (unpaired) electrons. The highest BCUT2D eigenvalue weighted by atomic mass is 35.5. The Morgan fingerprint density at radius 1 is 1.12 bits per heavy atom. The Kier molecular flexibility index (Phi) is 7.79. The second-order valence-corrected chi connectivity index (χ2v) is 8.78. The third kappa shape index (κ3) is 5.83. The molecule has 0 spiro atoms. The average molecular weight is 518 g/mol. The maximum atomic E-state index is 13.6. The normalized spacial score (nSPS) is 17.4. The van der Waals surface area contributed by atoms with Gasteiger partial charge in [-0.05, 0) is 45.3 Å². The van der Waals surface area contributed by atoms with Crippen molar-refractivity contribution in [3.63, 3.8) is 0 Å². The van der Waals surface area contributed by atoms with Gasteiger partial charge in [-0.3, -0.25) is 9.69 Å². The fourth-order valence-corrected chi connectivity index (χ4v) is 4.38. The molecule has 12 heteroatoms. The summed E-state index contributed by atoms with van der Waals surface area (Å²) in [7, 11) is 3.75. The number of hydrogen-bond acceptors (Lipinski definition) is 7. The fraction of sp³-hybridized carbons (Fsp3) is 0.364. The topological polar surface area (TPSA) is 64.1 Å². The van der Waals surface area contributed by atoms with Crippen LogP contribution in [0.25, 0.3) is 10.2 Å². The summed E-state index contributed by atoms with van der Waals surface area (Å²) < 4.78 is 54.1. The molecule has 7 nitrogen and oxygen atoms in total. The number of aromatic nitrogens is 1. The molecule has 2 aromatic carbocycles. The van der Waals surface area contributed by atoms with Crippen LogP contribution in [-0.4, -0.2) is 61.5 Å².